The van der Waals surface area contributed by atoms with Gasteiger partial charge in [-0.2, -0.15) is 0 Å². The fourth-order valence-electron chi connectivity index (χ4n) is 4.08. The quantitative estimate of drug-likeness (QED) is 0.457. The second kappa shape index (κ2) is 6.43. The van der Waals surface area contributed by atoms with Gasteiger partial charge in [0.05, 0.1) is 23.1 Å². The molecule has 3 nitrogen and oxygen atoms in total. The van der Waals surface area contributed by atoms with Gasteiger partial charge in [-0.3, -0.25) is 0 Å². The van der Waals surface area contributed by atoms with Crippen molar-refractivity contribution in [2.45, 2.75) is 25.4 Å². The maximum atomic E-state index is 6.09. The Morgan fingerprint density at radius 3 is 2.59 bits per heavy atom. The second-order valence-electron chi connectivity index (χ2n) is 7.21. The molecule has 134 valence electrons. The number of imidazole rings is 1. The molecule has 0 amide bonds. The third-order valence-electron chi connectivity index (χ3n) is 5.37. The molecule has 4 heteroatoms. The van der Waals surface area contributed by atoms with Gasteiger partial charge in [0.15, 0.2) is 0 Å². The first-order valence-corrected chi connectivity index (χ1v) is 9.62. The van der Waals surface area contributed by atoms with E-state index in [-0.39, 0.29) is 12.1 Å². The molecule has 0 saturated heterocycles. The van der Waals surface area contributed by atoms with Crippen LogP contribution < -0.4 is 5.32 Å². The molecule has 4 aromatic rings. The van der Waals surface area contributed by atoms with Crippen molar-refractivity contribution < 1.29 is 0 Å². The topological polar surface area (TPSA) is 29.9 Å². The Hall–Kier alpha value is -2.78. The van der Waals surface area contributed by atoms with E-state index in [1.807, 2.05) is 18.2 Å². The van der Waals surface area contributed by atoms with Gasteiger partial charge in [-0.15, -0.1) is 0 Å². The molecule has 1 aliphatic heterocycles. The van der Waals surface area contributed by atoms with Gasteiger partial charge < -0.3 is 9.88 Å². The van der Waals surface area contributed by atoms with Crippen LogP contribution in [-0.2, 0) is 0 Å². The summed E-state index contributed by atoms with van der Waals surface area (Å²) < 4.78 is 2.34. The molecule has 2 atom stereocenters. The van der Waals surface area contributed by atoms with E-state index < -0.39 is 0 Å². The first-order valence-electron chi connectivity index (χ1n) is 9.24. The van der Waals surface area contributed by atoms with Crippen LogP contribution in [0.1, 0.15) is 35.2 Å². The predicted octanol–water partition coefficient (Wildman–Crippen LogP) is 6.14. The number of halogens is 1. The smallest absolute Gasteiger partial charge is 0.204 e. The van der Waals surface area contributed by atoms with Crippen LogP contribution in [0, 0.1) is 6.92 Å². The van der Waals surface area contributed by atoms with Crippen LogP contribution in [0.25, 0.3) is 11.0 Å². The molecule has 27 heavy (non-hydrogen) atoms. The van der Waals surface area contributed by atoms with Crippen LogP contribution in [0.15, 0.2) is 72.8 Å². The average molecular weight is 374 g/mol. The molecule has 1 N–H and O–H groups in total. The minimum Gasteiger partial charge on any atom is -0.349 e. The number of rotatable bonds is 2. The summed E-state index contributed by atoms with van der Waals surface area (Å²) in [5.41, 5.74) is 6.02. The summed E-state index contributed by atoms with van der Waals surface area (Å²) in [7, 11) is 0. The number of fused-ring (bicyclic) bond motifs is 3. The van der Waals surface area contributed by atoms with Gasteiger partial charge in [0.1, 0.15) is 0 Å². The molecule has 0 spiro atoms. The summed E-state index contributed by atoms with van der Waals surface area (Å²) in [5.74, 6) is 0.925. The van der Waals surface area contributed by atoms with Crippen molar-refractivity contribution in [2.75, 3.05) is 5.32 Å². The Morgan fingerprint density at radius 2 is 1.78 bits per heavy atom. The zero-order valence-corrected chi connectivity index (χ0v) is 15.8. The zero-order valence-electron chi connectivity index (χ0n) is 15.1. The van der Waals surface area contributed by atoms with E-state index in [2.05, 4.69) is 71.4 Å². The van der Waals surface area contributed by atoms with Gasteiger partial charge in [-0.05, 0) is 48.7 Å². The number of para-hydroxylation sites is 2. The Labute approximate surface area is 163 Å². The maximum absolute atomic E-state index is 6.09. The fraction of sp³-hybridized carbons (Fsp3) is 0.174. The molecular weight excluding hydrogens is 354 g/mol. The summed E-state index contributed by atoms with van der Waals surface area (Å²) >= 11 is 6.09. The van der Waals surface area contributed by atoms with E-state index in [1.54, 1.807) is 0 Å². The lowest BCUT2D eigenvalue weighted by molar-refractivity contribution is 0.477. The molecule has 1 aromatic heterocycles. The van der Waals surface area contributed by atoms with E-state index in [4.69, 9.17) is 16.6 Å². The molecule has 0 radical (unpaired) electrons. The van der Waals surface area contributed by atoms with Crippen LogP contribution in [0.2, 0.25) is 5.02 Å². The SMILES string of the molecule is Cc1cccc([C@@H]2C[C@H](c3ccc(Cl)cc3)Nc3nc4ccccc4n32)c1. The molecule has 0 fully saturated rings. The Bertz CT molecular complexity index is 1110. The molecule has 0 unspecified atom stereocenters. The van der Waals surface area contributed by atoms with Gasteiger partial charge in [0.2, 0.25) is 5.95 Å². The Balaban J connectivity index is 1.67. The van der Waals surface area contributed by atoms with Crippen molar-refractivity contribution in [3.63, 3.8) is 0 Å². The fourth-order valence-corrected chi connectivity index (χ4v) is 4.21. The van der Waals surface area contributed by atoms with Crippen LogP contribution in [0.3, 0.4) is 0 Å². The molecule has 3 aromatic carbocycles. The number of benzene rings is 3. The van der Waals surface area contributed by atoms with Crippen molar-refractivity contribution in [1.82, 2.24) is 9.55 Å². The molecule has 0 saturated carbocycles. The minimum atomic E-state index is 0.192. The molecule has 5 rings (SSSR count). The van der Waals surface area contributed by atoms with Crippen LogP contribution in [0.5, 0.6) is 0 Å². The zero-order chi connectivity index (χ0) is 18.4. The van der Waals surface area contributed by atoms with E-state index in [0.29, 0.717) is 0 Å². The number of nitrogens with one attached hydrogen (secondary N) is 1. The summed E-state index contributed by atoms with van der Waals surface area (Å²) in [6.45, 7) is 2.15. The average Bonchev–Trinajstić information content (AvgIpc) is 3.06. The summed E-state index contributed by atoms with van der Waals surface area (Å²) in [5, 5.41) is 4.41. The second-order valence-corrected chi connectivity index (χ2v) is 7.64. The monoisotopic (exact) mass is 373 g/mol. The van der Waals surface area contributed by atoms with Crippen molar-refractivity contribution in [3.8, 4) is 0 Å². The van der Waals surface area contributed by atoms with Gasteiger partial charge >= 0.3 is 0 Å². The largest absolute Gasteiger partial charge is 0.349 e. The van der Waals surface area contributed by atoms with Crippen molar-refractivity contribution >= 4 is 28.6 Å². The Kier molecular flexibility index (Phi) is 3.91. The van der Waals surface area contributed by atoms with Crippen molar-refractivity contribution in [1.29, 1.82) is 0 Å². The number of hydrogen-bond acceptors (Lipinski definition) is 2. The van der Waals surface area contributed by atoms with Crippen LogP contribution >= 0.6 is 11.6 Å². The first kappa shape index (κ1) is 16.4. The molecular formula is C23H20ClN3. The summed E-state index contributed by atoms with van der Waals surface area (Å²) in [6, 6.07) is 25.7. The lowest BCUT2D eigenvalue weighted by atomic mass is 9.92. The van der Waals surface area contributed by atoms with E-state index in [1.165, 1.54) is 22.2 Å². The Morgan fingerprint density at radius 1 is 0.963 bits per heavy atom. The van der Waals surface area contributed by atoms with Gasteiger partial charge in [0.25, 0.3) is 0 Å². The normalized spacial score (nSPS) is 18.9. The van der Waals surface area contributed by atoms with Crippen molar-refractivity contribution in [3.05, 3.63) is 94.5 Å². The summed E-state index contributed by atoms with van der Waals surface area (Å²) in [4.78, 5) is 4.87. The lowest BCUT2D eigenvalue weighted by Gasteiger charge is -2.33. The lowest BCUT2D eigenvalue weighted by Crippen LogP contribution is -2.27. The number of anilines is 1. The van der Waals surface area contributed by atoms with Crippen LogP contribution in [0.4, 0.5) is 5.95 Å². The number of aromatic nitrogens is 2. The molecule has 1 aliphatic rings. The van der Waals surface area contributed by atoms with E-state index >= 15 is 0 Å². The highest BCUT2D eigenvalue weighted by Gasteiger charge is 2.30. The number of aryl methyl sites for hydroxylation is 1. The first-order chi connectivity index (χ1) is 13.2. The summed E-state index contributed by atoms with van der Waals surface area (Å²) in [6.07, 6.45) is 0.957. The predicted molar refractivity (Wildman–Crippen MR) is 111 cm³/mol. The molecule has 0 bridgehead atoms. The maximum Gasteiger partial charge on any atom is 0.204 e. The highest BCUT2D eigenvalue weighted by Crippen LogP contribution is 2.41. The van der Waals surface area contributed by atoms with Gasteiger partial charge in [-0.25, -0.2) is 4.98 Å². The van der Waals surface area contributed by atoms with E-state index in [0.717, 1.165) is 22.9 Å². The third kappa shape index (κ3) is 2.88. The van der Waals surface area contributed by atoms with Crippen LogP contribution in [-0.4, -0.2) is 9.55 Å². The minimum absolute atomic E-state index is 0.192. The van der Waals surface area contributed by atoms with E-state index in [9.17, 15) is 0 Å². The molecule has 2 heterocycles. The van der Waals surface area contributed by atoms with Gasteiger partial charge in [0, 0.05) is 5.02 Å². The highest BCUT2D eigenvalue weighted by atomic mass is 35.5. The number of nitrogens with zero attached hydrogens (tertiary/aromatic N) is 2. The third-order valence-corrected chi connectivity index (χ3v) is 5.62. The highest BCUT2D eigenvalue weighted by molar-refractivity contribution is 6.30. The standard InChI is InChI=1S/C23H20ClN3/c1-15-5-4-6-17(13-15)22-14-20(16-9-11-18(24)12-10-16)26-23-25-19-7-2-3-8-21(19)27(22)23/h2-13,20,22H,14H2,1H3,(H,25,26)/t20-,22+/m1/s1. The molecule has 0 aliphatic carbocycles. The number of hydrogen-bond donors (Lipinski definition) is 1. The van der Waals surface area contributed by atoms with Crippen molar-refractivity contribution in [2.24, 2.45) is 0 Å². The van der Waals surface area contributed by atoms with Gasteiger partial charge in [-0.1, -0.05) is 65.7 Å².